The SMILES string of the molecule is CN1CCN(c2ccc(NC(=S)NC3CCCCCC3)cn2)CC1. The number of rotatable bonds is 3. The molecule has 2 N–H and O–H groups in total. The van der Waals surface area contributed by atoms with Gasteiger partial charge in [0.25, 0.3) is 0 Å². The first-order valence-corrected chi connectivity index (χ1v) is 9.58. The van der Waals surface area contributed by atoms with Gasteiger partial charge in [0, 0.05) is 32.2 Å². The van der Waals surface area contributed by atoms with Crippen molar-refractivity contribution < 1.29 is 0 Å². The molecule has 0 bridgehead atoms. The number of hydrogen-bond acceptors (Lipinski definition) is 4. The molecule has 0 aromatic carbocycles. The van der Waals surface area contributed by atoms with Crippen LogP contribution in [-0.4, -0.2) is 54.3 Å². The Hall–Kier alpha value is -1.40. The van der Waals surface area contributed by atoms with E-state index in [1.54, 1.807) is 0 Å². The van der Waals surface area contributed by atoms with Crippen molar-refractivity contribution in [2.24, 2.45) is 0 Å². The van der Waals surface area contributed by atoms with Gasteiger partial charge in [0.15, 0.2) is 5.11 Å². The maximum atomic E-state index is 5.47. The number of anilines is 2. The van der Waals surface area contributed by atoms with Crippen LogP contribution < -0.4 is 15.5 Å². The second-order valence-corrected chi connectivity index (χ2v) is 7.39. The van der Waals surface area contributed by atoms with Crippen LogP contribution >= 0.6 is 12.2 Å². The highest BCUT2D eigenvalue weighted by Gasteiger charge is 2.15. The molecule has 0 unspecified atom stereocenters. The zero-order valence-electron chi connectivity index (χ0n) is 14.6. The molecular weight excluding hydrogens is 318 g/mol. The molecule has 2 heterocycles. The van der Waals surface area contributed by atoms with Crippen molar-refractivity contribution in [3.8, 4) is 0 Å². The Kier molecular flexibility index (Phi) is 6.26. The molecule has 0 spiro atoms. The second kappa shape index (κ2) is 8.62. The summed E-state index contributed by atoms with van der Waals surface area (Å²) in [7, 11) is 2.17. The molecule has 1 aromatic heterocycles. The Morgan fingerprint density at radius 2 is 1.79 bits per heavy atom. The van der Waals surface area contributed by atoms with Gasteiger partial charge in [-0.15, -0.1) is 0 Å². The van der Waals surface area contributed by atoms with Gasteiger partial charge in [-0.1, -0.05) is 25.7 Å². The van der Waals surface area contributed by atoms with Gasteiger partial charge in [0.1, 0.15) is 5.82 Å². The molecule has 2 aliphatic rings. The number of piperazine rings is 1. The molecule has 0 radical (unpaired) electrons. The first-order valence-electron chi connectivity index (χ1n) is 9.18. The maximum absolute atomic E-state index is 5.47. The van der Waals surface area contributed by atoms with Crippen LogP contribution in [0.25, 0.3) is 0 Å². The van der Waals surface area contributed by atoms with E-state index in [2.05, 4.69) is 44.6 Å². The van der Waals surface area contributed by atoms with Crippen molar-refractivity contribution in [1.82, 2.24) is 15.2 Å². The lowest BCUT2D eigenvalue weighted by molar-refractivity contribution is 0.312. The highest BCUT2D eigenvalue weighted by Crippen LogP contribution is 2.18. The van der Waals surface area contributed by atoms with E-state index in [1.807, 2.05) is 6.20 Å². The molecule has 1 aliphatic carbocycles. The number of nitrogens with zero attached hydrogens (tertiary/aromatic N) is 3. The standard InChI is InChI=1S/C18H29N5S/c1-22-10-12-23(13-11-22)17-9-8-16(14-19-17)21-18(24)20-15-6-4-2-3-5-7-15/h8-9,14-15H,2-7,10-13H2,1H3,(H2,20,21,24). The molecule has 6 heteroatoms. The first-order chi connectivity index (χ1) is 11.7. The molecule has 1 saturated heterocycles. The van der Waals surface area contributed by atoms with Crippen LogP contribution in [0.2, 0.25) is 0 Å². The average molecular weight is 348 g/mol. The zero-order chi connectivity index (χ0) is 16.8. The molecule has 3 rings (SSSR count). The summed E-state index contributed by atoms with van der Waals surface area (Å²) in [5, 5.41) is 7.46. The van der Waals surface area contributed by atoms with Crippen LogP contribution in [0, 0.1) is 0 Å². The van der Waals surface area contributed by atoms with Crippen LogP contribution in [0.5, 0.6) is 0 Å². The number of nitrogens with one attached hydrogen (secondary N) is 2. The molecule has 132 valence electrons. The summed E-state index contributed by atoms with van der Waals surface area (Å²) < 4.78 is 0. The summed E-state index contributed by atoms with van der Waals surface area (Å²) in [4.78, 5) is 9.29. The van der Waals surface area contributed by atoms with Crippen molar-refractivity contribution in [2.75, 3.05) is 43.4 Å². The van der Waals surface area contributed by atoms with Crippen molar-refractivity contribution in [3.05, 3.63) is 18.3 Å². The summed E-state index contributed by atoms with van der Waals surface area (Å²) in [5.41, 5.74) is 0.957. The molecule has 24 heavy (non-hydrogen) atoms. The van der Waals surface area contributed by atoms with Gasteiger partial charge in [0.2, 0.25) is 0 Å². The molecule has 1 saturated carbocycles. The van der Waals surface area contributed by atoms with E-state index in [-0.39, 0.29) is 0 Å². The molecular formula is C18H29N5S. The third kappa shape index (κ3) is 5.05. The van der Waals surface area contributed by atoms with Crippen LogP contribution in [0.3, 0.4) is 0 Å². The smallest absolute Gasteiger partial charge is 0.171 e. The van der Waals surface area contributed by atoms with E-state index in [1.165, 1.54) is 38.5 Å². The largest absolute Gasteiger partial charge is 0.360 e. The molecule has 5 nitrogen and oxygen atoms in total. The lowest BCUT2D eigenvalue weighted by Gasteiger charge is -2.33. The highest BCUT2D eigenvalue weighted by atomic mass is 32.1. The van der Waals surface area contributed by atoms with Crippen LogP contribution in [0.1, 0.15) is 38.5 Å². The van der Waals surface area contributed by atoms with Crippen molar-refractivity contribution in [1.29, 1.82) is 0 Å². The van der Waals surface area contributed by atoms with E-state index in [0.29, 0.717) is 6.04 Å². The van der Waals surface area contributed by atoms with Gasteiger partial charge >= 0.3 is 0 Å². The fourth-order valence-electron chi connectivity index (χ4n) is 3.46. The fraction of sp³-hybridized carbons (Fsp3) is 0.667. The molecule has 0 atom stereocenters. The van der Waals surface area contributed by atoms with E-state index < -0.39 is 0 Å². The molecule has 2 fully saturated rings. The van der Waals surface area contributed by atoms with Gasteiger partial charge < -0.3 is 20.4 Å². The summed E-state index contributed by atoms with van der Waals surface area (Å²) in [6, 6.07) is 4.67. The Labute approximate surface area is 150 Å². The number of hydrogen-bond donors (Lipinski definition) is 2. The minimum absolute atomic E-state index is 0.519. The lowest BCUT2D eigenvalue weighted by Crippen LogP contribution is -2.44. The van der Waals surface area contributed by atoms with Crippen LogP contribution in [-0.2, 0) is 0 Å². The lowest BCUT2D eigenvalue weighted by atomic mass is 10.1. The number of pyridine rings is 1. The maximum Gasteiger partial charge on any atom is 0.171 e. The second-order valence-electron chi connectivity index (χ2n) is 6.98. The number of thiocarbonyl (C=S) groups is 1. The Bertz CT molecular complexity index is 517. The van der Waals surface area contributed by atoms with Gasteiger partial charge in [-0.2, -0.15) is 0 Å². The average Bonchev–Trinajstić information content (AvgIpc) is 2.85. The zero-order valence-corrected chi connectivity index (χ0v) is 15.4. The van der Waals surface area contributed by atoms with Gasteiger partial charge in [-0.3, -0.25) is 0 Å². The number of aromatic nitrogens is 1. The Morgan fingerprint density at radius 3 is 2.42 bits per heavy atom. The summed E-state index contributed by atoms with van der Waals surface area (Å²) in [5.74, 6) is 1.05. The third-order valence-corrected chi connectivity index (χ3v) is 5.24. The van der Waals surface area contributed by atoms with Gasteiger partial charge in [-0.05, 0) is 44.2 Å². The normalized spacial score (nSPS) is 20.5. The number of likely N-dealkylation sites (N-methyl/N-ethyl adjacent to an activating group) is 1. The Balaban J connectivity index is 1.49. The van der Waals surface area contributed by atoms with Crippen molar-refractivity contribution >= 4 is 28.8 Å². The monoisotopic (exact) mass is 347 g/mol. The van der Waals surface area contributed by atoms with E-state index in [0.717, 1.165) is 42.8 Å². The highest BCUT2D eigenvalue weighted by molar-refractivity contribution is 7.80. The first kappa shape index (κ1) is 17.4. The third-order valence-electron chi connectivity index (χ3n) is 5.02. The predicted molar refractivity (Wildman–Crippen MR) is 105 cm³/mol. The van der Waals surface area contributed by atoms with Crippen molar-refractivity contribution in [2.45, 2.75) is 44.6 Å². The van der Waals surface area contributed by atoms with E-state index >= 15 is 0 Å². The van der Waals surface area contributed by atoms with E-state index in [4.69, 9.17) is 12.2 Å². The fourth-order valence-corrected chi connectivity index (χ4v) is 3.74. The van der Waals surface area contributed by atoms with Crippen LogP contribution in [0.15, 0.2) is 18.3 Å². The van der Waals surface area contributed by atoms with E-state index in [9.17, 15) is 0 Å². The molecule has 1 aromatic rings. The predicted octanol–water partition coefficient (Wildman–Crippen LogP) is 2.84. The minimum atomic E-state index is 0.519. The quantitative estimate of drug-likeness (QED) is 0.647. The van der Waals surface area contributed by atoms with Crippen LogP contribution in [0.4, 0.5) is 11.5 Å². The minimum Gasteiger partial charge on any atom is -0.360 e. The topological polar surface area (TPSA) is 43.4 Å². The van der Waals surface area contributed by atoms with Crippen molar-refractivity contribution in [3.63, 3.8) is 0 Å². The molecule has 1 aliphatic heterocycles. The molecule has 0 amide bonds. The Morgan fingerprint density at radius 1 is 1.08 bits per heavy atom. The van der Waals surface area contributed by atoms with Gasteiger partial charge in [-0.25, -0.2) is 4.98 Å². The summed E-state index contributed by atoms with van der Waals surface area (Å²) in [6.07, 6.45) is 9.66. The van der Waals surface area contributed by atoms with Gasteiger partial charge in [0.05, 0.1) is 11.9 Å². The summed E-state index contributed by atoms with van der Waals surface area (Å²) >= 11 is 5.47. The summed E-state index contributed by atoms with van der Waals surface area (Å²) in [6.45, 7) is 4.27.